The summed E-state index contributed by atoms with van der Waals surface area (Å²) in [6.07, 6.45) is 1.06. The van der Waals surface area contributed by atoms with Crippen molar-refractivity contribution in [3.63, 3.8) is 0 Å². The van der Waals surface area contributed by atoms with Gasteiger partial charge in [0.2, 0.25) is 0 Å². The number of anilines is 2. The van der Waals surface area contributed by atoms with Gasteiger partial charge in [0.05, 0.1) is 18.8 Å². The number of benzene rings is 2. The predicted molar refractivity (Wildman–Crippen MR) is 113 cm³/mol. The van der Waals surface area contributed by atoms with Crippen LogP contribution in [0.25, 0.3) is 11.3 Å². The Morgan fingerprint density at radius 2 is 1.97 bits per heavy atom. The maximum absolute atomic E-state index is 13.7. The Hall–Kier alpha value is -2.90. The van der Waals surface area contributed by atoms with Gasteiger partial charge in [-0.15, -0.1) is 0 Å². The van der Waals surface area contributed by atoms with Crippen molar-refractivity contribution in [1.82, 2.24) is 4.90 Å². The van der Waals surface area contributed by atoms with Gasteiger partial charge >= 0.3 is 0 Å². The lowest BCUT2D eigenvalue weighted by Gasteiger charge is -2.26. The number of halogens is 1. The lowest BCUT2D eigenvalue weighted by molar-refractivity contribution is -0.110. The smallest absolute Gasteiger partial charge is 0.260 e. The number of fused-ring (bicyclic) bond motifs is 2. The first-order chi connectivity index (χ1) is 14.7. The summed E-state index contributed by atoms with van der Waals surface area (Å²) in [5, 5.41) is 6.26. The highest BCUT2D eigenvalue weighted by molar-refractivity contribution is 6.36. The molecule has 3 aliphatic heterocycles. The van der Waals surface area contributed by atoms with Gasteiger partial charge in [-0.3, -0.25) is 9.69 Å². The molecule has 2 aromatic carbocycles. The summed E-state index contributed by atoms with van der Waals surface area (Å²) in [4.78, 5) is 14.9. The monoisotopic (exact) mass is 409 g/mol. The van der Waals surface area contributed by atoms with Gasteiger partial charge in [0, 0.05) is 47.7 Å². The van der Waals surface area contributed by atoms with E-state index in [9.17, 15) is 9.18 Å². The highest BCUT2D eigenvalue weighted by Gasteiger charge is 2.32. The van der Waals surface area contributed by atoms with Crippen molar-refractivity contribution in [3.8, 4) is 0 Å². The van der Waals surface area contributed by atoms with Gasteiger partial charge in [0.25, 0.3) is 5.91 Å². The largest absolute Gasteiger partial charge is 0.487 e. The number of rotatable bonds is 5. The van der Waals surface area contributed by atoms with E-state index in [4.69, 9.17) is 9.47 Å². The molecule has 3 aliphatic rings. The number of ether oxygens (including phenoxy) is 2. The Balaban J connectivity index is 1.29. The van der Waals surface area contributed by atoms with Crippen molar-refractivity contribution in [2.45, 2.75) is 13.0 Å². The van der Waals surface area contributed by atoms with Crippen molar-refractivity contribution < 1.29 is 18.7 Å². The van der Waals surface area contributed by atoms with Crippen LogP contribution in [0.15, 0.2) is 36.4 Å². The summed E-state index contributed by atoms with van der Waals surface area (Å²) in [5.74, 6) is -0.118. The molecule has 3 heterocycles. The minimum Gasteiger partial charge on any atom is -0.487 e. The van der Waals surface area contributed by atoms with Crippen LogP contribution in [0.3, 0.4) is 0 Å². The molecule has 1 amide bonds. The molecule has 0 saturated carbocycles. The number of nitrogens with zero attached hydrogens (tertiary/aromatic N) is 1. The maximum atomic E-state index is 13.7. The molecule has 0 radical (unpaired) electrons. The molecule has 0 aromatic heterocycles. The third-order valence-corrected chi connectivity index (χ3v) is 5.76. The zero-order chi connectivity index (χ0) is 20.5. The molecule has 2 N–H and O–H groups in total. The molecule has 7 heteroatoms. The zero-order valence-electron chi connectivity index (χ0n) is 16.7. The number of amides is 1. The van der Waals surface area contributed by atoms with Gasteiger partial charge in [-0.1, -0.05) is 0 Å². The van der Waals surface area contributed by atoms with Crippen molar-refractivity contribution in [2.24, 2.45) is 0 Å². The molecule has 0 aliphatic carbocycles. The van der Waals surface area contributed by atoms with Crippen molar-refractivity contribution in [3.05, 3.63) is 58.9 Å². The fraction of sp³-hybridized carbons (Fsp3) is 0.348. The number of morpholine rings is 1. The molecule has 30 heavy (non-hydrogen) atoms. The summed E-state index contributed by atoms with van der Waals surface area (Å²) < 4.78 is 25.0. The van der Waals surface area contributed by atoms with Crippen LogP contribution >= 0.6 is 0 Å². The third-order valence-electron chi connectivity index (χ3n) is 5.76. The van der Waals surface area contributed by atoms with E-state index in [0.717, 1.165) is 62.6 Å². The van der Waals surface area contributed by atoms with Gasteiger partial charge in [-0.2, -0.15) is 0 Å². The fourth-order valence-electron chi connectivity index (χ4n) is 4.20. The van der Waals surface area contributed by atoms with E-state index in [1.54, 1.807) is 6.07 Å². The van der Waals surface area contributed by atoms with Crippen LogP contribution in [0.4, 0.5) is 15.8 Å². The number of hydrogen-bond acceptors (Lipinski definition) is 5. The molecule has 6 nitrogen and oxygen atoms in total. The molecule has 156 valence electrons. The molecule has 5 rings (SSSR count). The zero-order valence-corrected chi connectivity index (χ0v) is 16.7. The van der Waals surface area contributed by atoms with Gasteiger partial charge < -0.3 is 20.1 Å². The number of hydrogen-bond donors (Lipinski definition) is 2. The third kappa shape index (κ3) is 3.66. The summed E-state index contributed by atoms with van der Waals surface area (Å²) in [7, 11) is 0. The molecular formula is C23H24FN3O3. The van der Waals surface area contributed by atoms with E-state index < -0.39 is 0 Å². The first-order valence-corrected chi connectivity index (χ1v) is 10.3. The summed E-state index contributed by atoms with van der Waals surface area (Å²) in [5.41, 5.74) is 4.50. The second kappa shape index (κ2) is 8.08. The van der Waals surface area contributed by atoms with Crippen molar-refractivity contribution in [2.75, 3.05) is 50.0 Å². The minimum atomic E-state index is -0.377. The first kappa shape index (κ1) is 19.1. The Morgan fingerprint density at radius 3 is 2.83 bits per heavy atom. The van der Waals surface area contributed by atoms with E-state index in [2.05, 4.69) is 21.6 Å². The highest BCUT2D eigenvalue weighted by atomic mass is 19.1. The summed E-state index contributed by atoms with van der Waals surface area (Å²) in [6.45, 7) is 6.01. The van der Waals surface area contributed by atoms with Crippen molar-refractivity contribution in [1.29, 1.82) is 0 Å². The van der Waals surface area contributed by atoms with Crippen LogP contribution in [0.2, 0.25) is 0 Å². The molecule has 1 fully saturated rings. The lowest BCUT2D eigenvalue weighted by Crippen LogP contribution is -2.37. The van der Waals surface area contributed by atoms with Crippen LogP contribution in [-0.2, 0) is 20.9 Å². The van der Waals surface area contributed by atoms with E-state index in [1.165, 1.54) is 12.1 Å². The van der Waals surface area contributed by atoms with Crippen molar-refractivity contribution >= 4 is 28.6 Å². The molecule has 0 bridgehead atoms. The van der Waals surface area contributed by atoms with E-state index in [-0.39, 0.29) is 11.7 Å². The Bertz CT molecular complexity index is 1010. The topological polar surface area (TPSA) is 62.8 Å². The highest BCUT2D eigenvalue weighted by Crippen LogP contribution is 2.42. The maximum Gasteiger partial charge on any atom is 0.260 e. The van der Waals surface area contributed by atoms with E-state index in [1.807, 2.05) is 12.1 Å². The van der Waals surface area contributed by atoms with Gasteiger partial charge in [0.1, 0.15) is 18.2 Å². The van der Waals surface area contributed by atoms with Crippen LogP contribution in [0.1, 0.15) is 23.1 Å². The van der Waals surface area contributed by atoms with E-state index in [0.29, 0.717) is 29.2 Å². The second-order valence-electron chi connectivity index (χ2n) is 7.74. The quantitative estimate of drug-likeness (QED) is 0.586. The molecule has 0 unspecified atom stereocenters. The average Bonchev–Trinajstić information content (AvgIpc) is 3.31. The summed E-state index contributed by atoms with van der Waals surface area (Å²) in [6, 6.07) is 10.3. The Kier molecular flexibility index (Phi) is 5.14. The van der Waals surface area contributed by atoms with Gasteiger partial charge in [0.15, 0.2) is 0 Å². The molecule has 0 atom stereocenters. The molecular weight excluding hydrogens is 385 g/mol. The number of carbonyl (C=O) groups is 1. The second-order valence-corrected chi connectivity index (χ2v) is 7.74. The molecule has 2 aromatic rings. The van der Waals surface area contributed by atoms with Gasteiger partial charge in [-0.25, -0.2) is 4.39 Å². The van der Waals surface area contributed by atoms with Crippen LogP contribution < -0.4 is 10.6 Å². The summed E-state index contributed by atoms with van der Waals surface area (Å²) >= 11 is 0. The minimum absolute atomic E-state index is 0.260. The number of nitrogens with one attached hydrogen (secondary N) is 2. The standard InChI is InChI=1S/C23H24FN3O3/c24-16-2-5-20-19(13-16)21(23(28)26-20)22-18-4-3-17(12-15(18)14-30-22)25-6-1-7-27-8-10-29-11-9-27/h2-5,12-13,25H,1,6-11,14H2,(H,26,28)/b22-21+. The Labute approximate surface area is 174 Å². The number of carbonyl (C=O) groups excluding carboxylic acids is 1. The normalized spacial score (nSPS) is 20.5. The van der Waals surface area contributed by atoms with E-state index >= 15 is 0 Å². The molecule has 0 spiro atoms. The molecule has 1 saturated heterocycles. The fourth-order valence-corrected chi connectivity index (χ4v) is 4.20. The van der Waals surface area contributed by atoms with Gasteiger partial charge in [-0.05, 0) is 49.4 Å². The Morgan fingerprint density at radius 1 is 1.10 bits per heavy atom. The predicted octanol–water partition coefficient (Wildman–Crippen LogP) is 3.31. The van der Waals surface area contributed by atoms with Crippen LogP contribution in [0, 0.1) is 5.82 Å². The lowest BCUT2D eigenvalue weighted by atomic mass is 10.00. The van der Waals surface area contributed by atoms with Crippen LogP contribution in [-0.4, -0.2) is 50.2 Å². The first-order valence-electron chi connectivity index (χ1n) is 10.3. The average molecular weight is 409 g/mol. The SMILES string of the molecule is O=C1Nc2ccc(F)cc2/C1=C1\OCc2cc(NCCCN3CCOCC3)ccc21. The van der Waals surface area contributed by atoms with Crippen LogP contribution in [0.5, 0.6) is 0 Å².